The summed E-state index contributed by atoms with van der Waals surface area (Å²) in [5.74, 6) is -0.759. The Bertz CT molecular complexity index is 2460. The Labute approximate surface area is 277 Å². The molecule has 4 aromatic heterocycles. The van der Waals surface area contributed by atoms with Crippen molar-refractivity contribution in [1.82, 2.24) is 28.9 Å². The molecule has 236 valence electrons. The highest BCUT2D eigenvalue weighted by Crippen LogP contribution is 2.34. The molecular weight excluding hydrogens is 704 g/mol. The molecule has 0 amide bonds. The van der Waals surface area contributed by atoms with Crippen LogP contribution in [0.15, 0.2) is 73.6 Å². The van der Waals surface area contributed by atoms with Crippen molar-refractivity contribution in [2.75, 3.05) is 10.6 Å². The van der Waals surface area contributed by atoms with Gasteiger partial charge in [-0.05, 0) is 42.8 Å². The minimum absolute atomic E-state index is 0.00573. The van der Waals surface area contributed by atoms with Crippen LogP contribution >= 0.6 is 27.5 Å². The summed E-state index contributed by atoms with van der Waals surface area (Å²) in [5.41, 5.74) is -2.74. The Morgan fingerprint density at radius 1 is 0.915 bits per heavy atom. The molecule has 0 saturated carbocycles. The molecule has 11 nitrogen and oxygen atoms in total. The van der Waals surface area contributed by atoms with Crippen LogP contribution in [-0.2, 0) is 20.3 Å². The van der Waals surface area contributed by atoms with Crippen molar-refractivity contribution >= 4 is 85.5 Å². The van der Waals surface area contributed by atoms with Gasteiger partial charge in [-0.3, -0.25) is 14.2 Å². The lowest BCUT2D eigenvalue weighted by Gasteiger charge is -2.18. The van der Waals surface area contributed by atoms with Gasteiger partial charge in [-0.25, -0.2) is 24.0 Å². The van der Waals surface area contributed by atoms with E-state index in [2.05, 4.69) is 41.6 Å². The quantitative estimate of drug-likeness (QED) is 0.244. The molecule has 0 aliphatic carbocycles. The molecule has 47 heavy (non-hydrogen) atoms. The summed E-state index contributed by atoms with van der Waals surface area (Å²) in [4.78, 5) is 49.5. The van der Waals surface area contributed by atoms with Crippen molar-refractivity contribution < 1.29 is 13.2 Å². The highest BCUT2D eigenvalue weighted by Gasteiger charge is 2.35. The first-order valence-electron chi connectivity index (χ1n) is 13.6. The molecule has 0 atom stereocenters. The van der Waals surface area contributed by atoms with Gasteiger partial charge >= 0.3 is 11.9 Å². The van der Waals surface area contributed by atoms with E-state index < -0.39 is 34.5 Å². The molecule has 2 aromatic carbocycles. The standard InChI is InChI=1S/C30H20BBrClF3N8O3/c1-13-16(32)7-5-8-17(13)38-25-22-14(12-37-43(3)27(22)45)10-21(41-25)44-28(46)23-19(42(2)29(44)47)11-20(30(34,35)36)40-26(23)39-18-9-4-6-15(31)24(18)33/h4-12H,1-3H3,(H,38,41)(H,39,40). The normalized spacial score (nSPS) is 11.7. The highest BCUT2D eigenvalue weighted by atomic mass is 79.9. The monoisotopic (exact) mass is 722 g/mol. The summed E-state index contributed by atoms with van der Waals surface area (Å²) in [6, 6.07) is 11.7. The van der Waals surface area contributed by atoms with E-state index >= 15 is 0 Å². The first kappa shape index (κ1) is 32.0. The summed E-state index contributed by atoms with van der Waals surface area (Å²) < 4.78 is 45.4. The lowest BCUT2D eigenvalue weighted by Crippen LogP contribution is -2.39. The Morgan fingerprint density at radius 2 is 1.57 bits per heavy atom. The maximum atomic E-state index is 14.2. The van der Waals surface area contributed by atoms with Crippen LogP contribution in [0.5, 0.6) is 0 Å². The summed E-state index contributed by atoms with van der Waals surface area (Å²) in [6.07, 6.45) is -3.57. The molecule has 4 heterocycles. The maximum Gasteiger partial charge on any atom is 0.433 e. The van der Waals surface area contributed by atoms with Gasteiger partial charge in [-0.1, -0.05) is 51.2 Å². The number of nitrogens with one attached hydrogen (secondary N) is 2. The van der Waals surface area contributed by atoms with E-state index in [-0.39, 0.29) is 49.5 Å². The fourth-order valence-corrected chi connectivity index (χ4v) is 5.53. The van der Waals surface area contributed by atoms with E-state index in [9.17, 15) is 27.6 Å². The molecule has 0 unspecified atom stereocenters. The third-order valence-electron chi connectivity index (χ3n) is 7.49. The molecule has 0 bridgehead atoms. The minimum atomic E-state index is -4.93. The SMILES string of the molecule is [B]c1cccc(Nc2nc(C(F)(F)F)cc3c2c(=O)n(-c2cc4cnn(C)c(=O)c4c(Nc4cccc(Br)c4C)n2)c(=O)n3C)c1Cl. The van der Waals surface area contributed by atoms with Gasteiger partial charge in [0, 0.05) is 29.6 Å². The zero-order valence-corrected chi connectivity index (χ0v) is 26.9. The Hall–Kier alpha value is -4.96. The van der Waals surface area contributed by atoms with Crippen molar-refractivity contribution in [1.29, 1.82) is 0 Å². The average Bonchev–Trinajstić information content (AvgIpc) is 3.01. The number of halogens is 5. The maximum absolute atomic E-state index is 14.2. The smallest absolute Gasteiger partial charge is 0.339 e. The molecule has 6 rings (SSSR count). The molecular formula is C30H20BBrClF3N8O3. The molecule has 0 aliphatic heterocycles. The van der Waals surface area contributed by atoms with E-state index in [0.717, 1.165) is 19.3 Å². The molecule has 0 fully saturated rings. The zero-order chi connectivity index (χ0) is 33.9. The molecule has 0 saturated heterocycles. The van der Waals surface area contributed by atoms with Crippen molar-refractivity contribution in [3.63, 3.8) is 0 Å². The second kappa shape index (κ2) is 11.7. The number of nitrogens with zero attached hydrogens (tertiary/aromatic N) is 6. The Kier molecular flexibility index (Phi) is 7.96. The topological polar surface area (TPSA) is 129 Å². The molecule has 0 spiro atoms. The lowest BCUT2D eigenvalue weighted by atomic mass is 9.96. The van der Waals surface area contributed by atoms with Crippen LogP contribution in [0.4, 0.5) is 36.2 Å². The summed E-state index contributed by atoms with van der Waals surface area (Å²) in [5, 5.41) is 9.83. The largest absolute Gasteiger partial charge is 0.433 e. The number of hydrogen-bond acceptors (Lipinski definition) is 8. The van der Waals surface area contributed by atoms with Crippen LogP contribution in [0.25, 0.3) is 27.5 Å². The fourth-order valence-electron chi connectivity index (χ4n) is 4.99. The van der Waals surface area contributed by atoms with Gasteiger partial charge < -0.3 is 10.6 Å². The van der Waals surface area contributed by atoms with Crippen molar-refractivity contribution in [3.05, 3.63) is 107 Å². The summed E-state index contributed by atoms with van der Waals surface area (Å²) in [6.45, 7) is 1.82. The third kappa shape index (κ3) is 5.56. The van der Waals surface area contributed by atoms with Crippen LogP contribution < -0.4 is 32.9 Å². The molecule has 2 radical (unpaired) electrons. The van der Waals surface area contributed by atoms with Crippen molar-refractivity contribution in [2.24, 2.45) is 14.1 Å². The number of aromatic nitrogens is 6. The molecule has 2 N–H and O–H groups in total. The zero-order valence-electron chi connectivity index (χ0n) is 24.6. The van der Waals surface area contributed by atoms with Crippen LogP contribution in [0.3, 0.4) is 0 Å². The van der Waals surface area contributed by atoms with Crippen LogP contribution in [0.2, 0.25) is 5.02 Å². The number of benzene rings is 2. The van der Waals surface area contributed by atoms with Gasteiger partial charge in [-0.15, -0.1) is 0 Å². The highest BCUT2D eigenvalue weighted by molar-refractivity contribution is 9.10. The summed E-state index contributed by atoms with van der Waals surface area (Å²) in [7, 11) is 8.55. The molecule has 0 aliphatic rings. The van der Waals surface area contributed by atoms with Crippen LogP contribution in [-0.4, -0.2) is 36.7 Å². The first-order valence-corrected chi connectivity index (χ1v) is 14.8. The van der Waals surface area contributed by atoms with Crippen molar-refractivity contribution in [3.8, 4) is 5.82 Å². The Morgan fingerprint density at radius 3 is 2.30 bits per heavy atom. The lowest BCUT2D eigenvalue weighted by molar-refractivity contribution is -0.141. The number of fused-ring (bicyclic) bond motifs is 2. The van der Waals surface area contributed by atoms with Gasteiger partial charge in [0.2, 0.25) is 0 Å². The number of hydrogen-bond donors (Lipinski definition) is 2. The van der Waals surface area contributed by atoms with Gasteiger partial charge in [0.1, 0.15) is 36.4 Å². The van der Waals surface area contributed by atoms with Crippen LogP contribution in [0.1, 0.15) is 11.3 Å². The van der Waals surface area contributed by atoms with E-state index in [1.165, 1.54) is 44.6 Å². The van der Waals surface area contributed by atoms with E-state index in [4.69, 9.17) is 19.4 Å². The number of rotatable bonds is 5. The average molecular weight is 724 g/mol. The van der Waals surface area contributed by atoms with E-state index in [0.29, 0.717) is 16.3 Å². The minimum Gasteiger partial charge on any atom is -0.339 e. The fraction of sp³-hybridized carbons (Fsp3) is 0.133. The predicted octanol–water partition coefficient (Wildman–Crippen LogP) is 4.75. The van der Waals surface area contributed by atoms with Crippen molar-refractivity contribution in [2.45, 2.75) is 13.1 Å². The number of anilines is 4. The van der Waals surface area contributed by atoms with Gasteiger partial charge in [0.25, 0.3) is 11.1 Å². The molecule has 17 heteroatoms. The first-order chi connectivity index (χ1) is 22.2. The second-order valence-electron chi connectivity index (χ2n) is 10.5. The summed E-state index contributed by atoms with van der Waals surface area (Å²) >= 11 is 9.77. The van der Waals surface area contributed by atoms with E-state index in [1.54, 1.807) is 12.1 Å². The third-order valence-corrected chi connectivity index (χ3v) is 8.77. The van der Waals surface area contributed by atoms with Gasteiger partial charge in [0.15, 0.2) is 0 Å². The second-order valence-corrected chi connectivity index (χ2v) is 11.7. The van der Waals surface area contributed by atoms with Gasteiger partial charge in [-0.2, -0.15) is 18.3 Å². The predicted molar refractivity (Wildman–Crippen MR) is 178 cm³/mol. The van der Waals surface area contributed by atoms with E-state index in [1.807, 2.05) is 13.0 Å². The number of pyridine rings is 2. The number of aryl methyl sites for hydroxylation is 2. The van der Waals surface area contributed by atoms with Crippen LogP contribution in [0, 0.1) is 6.92 Å². The van der Waals surface area contributed by atoms with Gasteiger partial charge in [0.05, 0.1) is 27.8 Å². The number of alkyl halides is 3. The Balaban J connectivity index is 1.68. The molecule has 6 aromatic rings.